The van der Waals surface area contributed by atoms with Crippen LogP contribution in [0.1, 0.15) is 23.6 Å². The third-order valence-corrected chi connectivity index (χ3v) is 10.7. The first-order valence-electron chi connectivity index (χ1n) is 15.5. The molecule has 242 valence electrons. The number of piperazine rings is 1. The van der Waals surface area contributed by atoms with Crippen LogP contribution in [0.15, 0.2) is 102 Å². The summed E-state index contributed by atoms with van der Waals surface area (Å²) >= 11 is 0. The van der Waals surface area contributed by atoms with Crippen molar-refractivity contribution >= 4 is 38.2 Å². The Balaban J connectivity index is 1.46. The molecule has 0 bridgehead atoms. The van der Waals surface area contributed by atoms with E-state index >= 15 is 4.79 Å². The van der Waals surface area contributed by atoms with E-state index in [1.54, 1.807) is 54.9 Å². The molecule has 4 heterocycles. The number of benzene rings is 3. The van der Waals surface area contributed by atoms with Crippen molar-refractivity contribution < 1.29 is 22.7 Å². The van der Waals surface area contributed by atoms with E-state index in [-0.39, 0.29) is 16.1 Å². The lowest BCUT2D eigenvalue weighted by atomic mass is 9.80. The summed E-state index contributed by atoms with van der Waals surface area (Å²) in [6, 6.07) is 24.4. The molecule has 11 nitrogen and oxygen atoms in total. The molecule has 1 unspecified atom stereocenters. The highest BCUT2D eigenvalue weighted by atomic mass is 32.2. The van der Waals surface area contributed by atoms with Crippen molar-refractivity contribution in [1.82, 2.24) is 14.9 Å². The average Bonchev–Trinajstić information content (AvgIpc) is 3.40. The van der Waals surface area contributed by atoms with E-state index in [1.165, 1.54) is 25.4 Å². The van der Waals surface area contributed by atoms with E-state index in [9.17, 15) is 13.7 Å². The fourth-order valence-corrected chi connectivity index (χ4v) is 8.54. The number of fused-ring (bicyclic) bond motifs is 2. The predicted octanol–water partition coefficient (Wildman–Crippen LogP) is 4.71. The number of ether oxygens (including phenoxy) is 2. The molecule has 0 spiro atoms. The summed E-state index contributed by atoms with van der Waals surface area (Å²) in [5.74, 6) is 0.224. The van der Waals surface area contributed by atoms with Gasteiger partial charge in [0.25, 0.3) is 15.9 Å². The Morgan fingerprint density at radius 2 is 1.67 bits per heavy atom. The van der Waals surface area contributed by atoms with Crippen LogP contribution in [-0.4, -0.2) is 69.1 Å². The molecule has 0 radical (unpaired) electrons. The van der Waals surface area contributed by atoms with Gasteiger partial charge in [-0.3, -0.25) is 19.7 Å². The Hall–Kier alpha value is -5.51. The number of nitriles is 1. The van der Waals surface area contributed by atoms with Crippen LogP contribution in [0, 0.1) is 11.3 Å². The molecule has 1 saturated heterocycles. The van der Waals surface area contributed by atoms with Gasteiger partial charge in [-0.25, -0.2) is 12.7 Å². The maximum Gasteiger partial charge on any atom is 0.273 e. The SMILES string of the molecule is CCOc1ccccc1C1(N2CCN(c3ccncc3)CC2)C(=O)N(S(=O)(=O)c2ccc(OC)c3cccnc23)c2ccc(C#N)cc21. The molecule has 48 heavy (non-hydrogen) atoms. The molecule has 1 fully saturated rings. The quantitative estimate of drug-likeness (QED) is 0.231. The predicted molar refractivity (Wildman–Crippen MR) is 181 cm³/mol. The van der Waals surface area contributed by atoms with Crippen LogP contribution >= 0.6 is 0 Å². The number of para-hydroxylation sites is 1. The van der Waals surface area contributed by atoms with Crippen LogP contribution in [0.2, 0.25) is 0 Å². The van der Waals surface area contributed by atoms with Crippen molar-refractivity contribution in [2.75, 3.05) is 49.1 Å². The lowest BCUT2D eigenvalue weighted by molar-refractivity contribution is -0.127. The topological polar surface area (TPSA) is 129 Å². The van der Waals surface area contributed by atoms with E-state index in [2.05, 4.69) is 20.9 Å². The van der Waals surface area contributed by atoms with E-state index in [1.807, 2.05) is 36.1 Å². The summed E-state index contributed by atoms with van der Waals surface area (Å²) in [4.78, 5) is 28.1. The fourth-order valence-electron chi connectivity index (χ4n) is 6.93. The molecule has 2 aliphatic heterocycles. The number of nitrogens with zero attached hydrogens (tertiary/aromatic N) is 6. The van der Waals surface area contributed by atoms with Gasteiger partial charge in [0.2, 0.25) is 0 Å². The van der Waals surface area contributed by atoms with Gasteiger partial charge in [0, 0.05) is 67.0 Å². The number of carbonyl (C=O) groups is 1. The standard InChI is InChI=1S/C36H32N6O5S/c1-3-47-32-9-5-4-8-28(32)36(41-21-19-40(20-22-41)26-14-17-38-18-15-26)29-23-25(24-37)10-11-30(29)42(35(36)43)48(44,45)33-13-12-31(46-2)27-7-6-16-39-34(27)33/h4-18,23H,3,19-22H2,1-2H3. The minimum absolute atomic E-state index is 0.140. The third-order valence-electron chi connectivity index (χ3n) is 9.02. The number of pyridine rings is 2. The van der Waals surface area contributed by atoms with Gasteiger partial charge in [0.05, 0.1) is 36.6 Å². The first-order valence-corrected chi connectivity index (χ1v) is 17.0. The summed E-state index contributed by atoms with van der Waals surface area (Å²) in [6.45, 7) is 4.12. The number of anilines is 2. The maximum atomic E-state index is 15.5. The van der Waals surface area contributed by atoms with Crippen molar-refractivity contribution in [1.29, 1.82) is 5.26 Å². The van der Waals surface area contributed by atoms with E-state index in [0.717, 1.165) is 9.99 Å². The maximum absolute atomic E-state index is 15.5. The normalized spacial score (nSPS) is 18.1. The summed E-state index contributed by atoms with van der Waals surface area (Å²) in [6.07, 6.45) is 4.98. The number of methoxy groups -OCH3 is 1. The molecule has 5 aromatic rings. The smallest absolute Gasteiger partial charge is 0.273 e. The number of carbonyl (C=O) groups excluding carboxylic acids is 1. The molecule has 3 aromatic carbocycles. The van der Waals surface area contributed by atoms with Crippen LogP contribution in [-0.2, 0) is 20.4 Å². The Morgan fingerprint density at radius 3 is 2.40 bits per heavy atom. The molecule has 12 heteroatoms. The van der Waals surface area contributed by atoms with Crippen molar-refractivity contribution in [2.24, 2.45) is 0 Å². The Morgan fingerprint density at radius 1 is 0.896 bits per heavy atom. The zero-order valence-electron chi connectivity index (χ0n) is 26.4. The lowest BCUT2D eigenvalue weighted by Crippen LogP contribution is -2.60. The number of hydrogen-bond acceptors (Lipinski definition) is 10. The summed E-state index contributed by atoms with van der Waals surface area (Å²) in [7, 11) is -3.07. The zero-order chi connectivity index (χ0) is 33.5. The molecule has 2 aliphatic rings. The Kier molecular flexibility index (Phi) is 7.94. The second-order valence-electron chi connectivity index (χ2n) is 11.4. The van der Waals surface area contributed by atoms with Crippen LogP contribution in [0.5, 0.6) is 11.5 Å². The van der Waals surface area contributed by atoms with Gasteiger partial charge in [-0.2, -0.15) is 5.26 Å². The van der Waals surface area contributed by atoms with E-state index in [0.29, 0.717) is 66.4 Å². The second-order valence-corrected chi connectivity index (χ2v) is 13.2. The van der Waals surface area contributed by atoms with E-state index in [4.69, 9.17) is 9.47 Å². The van der Waals surface area contributed by atoms with Crippen LogP contribution in [0.25, 0.3) is 10.9 Å². The molecular weight excluding hydrogens is 628 g/mol. The molecule has 1 atom stereocenters. The van der Waals surface area contributed by atoms with Gasteiger partial charge in [-0.05, 0) is 67.6 Å². The number of hydrogen-bond donors (Lipinski definition) is 0. The minimum Gasteiger partial charge on any atom is -0.496 e. The molecule has 0 saturated carbocycles. The molecule has 7 rings (SSSR count). The number of sulfonamides is 1. The van der Waals surface area contributed by atoms with Gasteiger partial charge in [0.1, 0.15) is 16.4 Å². The third kappa shape index (κ3) is 4.73. The average molecular weight is 661 g/mol. The van der Waals surface area contributed by atoms with Gasteiger partial charge < -0.3 is 14.4 Å². The number of amides is 1. The molecular formula is C36H32N6O5S. The Labute approximate surface area is 278 Å². The fraction of sp³-hybridized carbons (Fsp3) is 0.222. The highest BCUT2D eigenvalue weighted by Crippen LogP contribution is 2.53. The lowest BCUT2D eigenvalue weighted by Gasteiger charge is -2.46. The van der Waals surface area contributed by atoms with E-state index < -0.39 is 21.5 Å². The highest BCUT2D eigenvalue weighted by molar-refractivity contribution is 7.93. The number of rotatable bonds is 8. The van der Waals surface area contributed by atoms with Crippen molar-refractivity contribution in [2.45, 2.75) is 17.4 Å². The molecule has 0 aliphatic carbocycles. The van der Waals surface area contributed by atoms with Crippen molar-refractivity contribution in [3.8, 4) is 17.6 Å². The summed E-state index contributed by atoms with van der Waals surface area (Å²) < 4.78 is 42.3. The first kappa shape index (κ1) is 31.1. The minimum atomic E-state index is -4.57. The number of aromatic nitrogens is 2. The van der Waals surface area contributed by atoms with Crippen LogP contribution < -0.4 is 18.7 Å². The Bertz CT molecular complexity index is 2180. The second kappa shape index (κ2) is 12.3. The van der Waals surface area contributed by atoms with Crippen molar-refractivity contribution in [3.05, 3.63) is 114 Å². The monoisotopic (exact) mass is 660 g/mol. The van der Waals surface area contributed by atoms with Gasteiger partial charge in [-0.1, -0.05) is 18.2 Å². The largest absolute Gasteiger partial charge is 0.496 e. The van der Waals surface area contributed by atoms with Crippen molar-refractivity contribution in [3.63, 3.8) is 0 Å². The van der Waals surface area contributed by atoms with Crippen LogP contribution in [0.4, 0.5) is 11.4 Å². The van der Waals surface area contributed by atoms with Crippen LogP contribution in [0.3, 0.4) is 0 Å². The summed E-state index contributed by atoms with van der Waals surface area (Å²) in [5.41, 5.74) is 0.903. The van der Waals surface area contributed by atoms with Gasteiger partial charge in [-0.15, -0.1) is 0 Å². The molecule has 0 N–H and O–H groups in total. The molecule has 1 amide bonds. The van der Waals surface area contributed by atoms with Gasteiger partial charge >= 0.3 is 0 Å². The van der Waals surface area contributed by atoms with Gasteiger partial charge in [0.15, 0.2) is 5.54 Å². The first-order chi connectivity index (χ1) is 23.4. The summed E-state index contributed by atoms with van der Waals surface area (Å²) in [5, 5.41) is 10.5. The molecule has 2 aromatic heterocycles. The highest BCUT2D eigenvalue weighted by Gasteiger charge is 2.60. The zero-order valence-corrected chi connectivity index (χ0v) is 27.2.